The van der Waals surface area contributed by atoms with Gasteiger partial charge in [-0.3, -0.25) is 4.99 Å². The lowest BCUT2D eigenvalue weighted by molar-refractivity contribution is 0.425. The third-order valence-electron chi connectivity index (χ3n) is 3.63. The summed E-state index contributed by atoms with van der Waals surface area (Å²) in [6, 6.07) is 2.01. The molecule has 4 heterocycles. The molecule has 0 aliphatic carbocycles. The maximum absolute atomic E-state index is 4.67. The molecule has 1 atom stereocenters. The molecule has 0 saturated carbocycles. The number of nitrogens with zero attached hydrogens (tertiary/aromatic N) is 3. The summed E-state index contributed by atoms with van der Waals surface area (Å²) in [6.45, 7) is 1.80. The molecule has 5 nitrogen and oxygen atoms in total. The van der Waals surface area contributed by atoms with Gasteiger partial charge in [-0.15, -0.1) is 0 Å². The van der Waals surface area contributed by atoms with Gasteiger partial charge in [0, 0.05) is 36.8 Å². The van der Waals surface area contributed by atoms with Crippen molar-refractivity contribution in [1.82, 2.24) is 20.3 Å². The minimum Gasteiger partial charge on any atom is -0.346 e. The van der Waals surface area contributed by atoms with Crippen molar-refractivity contribution in [1.29, 1.82) is 0 Å². The van der Waals surface area contributed by atoms with E-state index in [1.165, 1.54) is 5.92 Å². The molecule has 2 aromatic rings. The standard InChI is InChI=1S/C13H12N5/c1-3-13(18-4-1,9-6-14-7-9)11-10-2-5-15-12(10)17-8-16-11/h1-5,8,14H,6-7H2,(H,15,16,17). The van der Waals surface area contributed by atoms with Crippen LogP contribution in [0.3, 0.4) is 0 Å². The highest BCUT2D eigenvalue weighted by atomic mass is 15.0. The Morgan fingerprint density at radius 2 is 2.17 bits per heavy atom. The predicted molar refractivity (Wildman–Crippen MR) is 69.3 cm³/mol. The fourth-order valence-corrected chi connectivity index (χ4v) is 2.60. The van der Waals surface area contributed by atoms with Crippen LogP contribution < -0.4 is 5.32 Å². The Balaban J connectivity index is 1.96. The van der Waals surface area contributed by atoms with E-state index in [1.807, 2.05) is 24.6 Å². The van der Waals surface area contributed by atoms with Crippen molar-refractivity contribution in [2.75, 3.05) is 13.1 Å². The van der Waals surface area contributed by atoms with Gasteiger partial charge >= 0.3 is 0 Å². The van der Waals surface area contributed by atoms with E-state index >= 15 is 0 Å². The fraction of sp³-hybridized carbons (Fsp3) is 0.231. The number of rotatable bonds is 2. The normalized spacial score (nSPS) is 26.9. The molecule has 1 saturated heterocycles. The van der Waals surface area contributed by atoms with Crippen molar-refractivity contribution >= 4 is 17.2 Å². The minimum atomic E-state index is -0.394. The average Bonchev–Trinajstić information content (AvgIpc) is 2.94. The second-order valence-electron chi connectivity index (χ2n) is 4.57. The van der Waals surface area contributed by atoms with Gasteiger partial charge in [0.2, 0.25) is 0 Å². The molecular weight excluding hydrogens is 226 g/mol. The maximum Gasteiger partial charge on any atom is 0.141 e. The second kappa shape index (κ2) is 3.49. The molecule has 2 aliphatic rings. The topological polar surface area (TPSA) is 66.0 Å². The number of hydrogen-bond acceptors (Lipinski definition) is 4. The van der Waals surface area contributed by atoms with E-state index in [1.54, 1.807) is 6.33 Å². The lowest BCUT2D eigenvalue weighted by Crippen LogP contribution is -2.50. The maximum atomic E-state index is 4.67. The van der Waals surface area contributed by atoms with E-state index < -0.39 is 5.54 Å². The van der Waals surface area contributed by atoms with Crippen LogP contribution in [0.15, 0.2) is 35.7 Å². The molecular formula is C13H12N5. The Morgan fingerprint density at radius 1 is 1.22 bits per heavy atom. The van der Waals surface area contributed by atoms with E-state index in [0.29, 0.717) is 0 Å². The van der Waals surface area contributed by atoms with Crippen molar-refractivity contribution in [3.63, 3.8) is 0 Å². The van der Waals surface area contributed by atoms with Gasteiger partial charge in [-0.1, -0.05) is 0 Å². The summed E-state index contributed by atoms with van der Waals surface area (Å²) in [5.41, 5.74) is 1.44. The Labute approximate surface area is 104 Å². The third-order valence-corrected chi connectivity index (χ3v) is 3.63. The first kappa shape index (κ1) is 9.96. The number of aromatic nitrogens is 3. The average molecular weight is 238 g/mol. The van der Waals surface area contributed by atoms with E-state index in [4.69, 9.17) is 0 Å². The first-order valence-electron chi connectivity index (χ1n) is 5.98. The Bertz CT molecular complexity index is 638. The summed E-state index contributed by atoms with van der Waals surface area (Å²) in [6.07, 6.45) is 9.46. The largest absolute Gasteiger partial charge is 0.346 e. The molecule has 1 unspecified atom stereocenters. The van der Waals surface area contributed by atoms with Gasteiger partial charge in [0.1, 0.15) is 17.5 Å². The van der Waals surface area contributed by atoms with Crippen LogP contribution in [-0.4, -0.2) is 34.3 Å². The summed E-state index contributed by atoms with van der Waals surface area (Å²) in [4.78, 5) is 16.5. The highest BCUT2D eigenvalue weighted by molar-refractivity contribution is 5.83. The highest BCUT2D eigenvalue weighted by Crippen LogP contribution is 2.42. The lowest BCUT2D eigenvalue weighted by atomic mass is 9.77. The molecule has 4 rings (SSSR count). The Hall–Kier alpha value is -2.01. The van der Waals surface area contributed by atoms with Crippen LogP contribution >= 0.6 is 0 Å². The predicted octanol–water partition coefficient (Wildman–Crippen LogP) is 0.971. The molecule has 0 aromatic carbocycles. The van der Waals surface area contributed by atoms with Crippen molar-refractivity contribution < 1.29 is 0 Å². The van der Waals surface area contributed by atoms with E-state index in [-0.39, 0.29) is 0 Å². The number of hydrogen-bond donors (Lipinski definition) is 2. The van der Waals surface area contributed by atoms with Crippen molar-refractivity contribution in [3.05, 3.63) is 42.4 Å². The van der Waals surface area contributed by atoms with Gasteiger partial charge in [0.05, 0.1) is 5.69 Å². The lowest BCUT2D eigenvalue weighted by Gasteiger charge is -2.39. The first-order valence-corrected chi connectivity index (χ1v) is 5.98. The van der Waals surface area contributed by atoms with Gasteiger partial charge in [0.25, 0.3) is 0 Å². The number of aromatic amines is 1. The summed E-state index contributed by atoms with van der Waals surface area (Å²) >= 11 is 0. The zero-order valence-corrected chi connectivity index (χ0v) is 9.72. The van der Waals surface area contributed by atoms with Crippen LogP contribution in [0.1, 0.15) is 5.69 Å². The SMILES string of the molecule is C1=CC([C]2CNC2)(c2ncnc3[nH]ccc23)N=C1. The monoisotopic (exact) mass is 238 g/mol. The van der Waals surface area contributed by atoms with Gasteiger partial charge < -0.3 is 10.3 Å². The van der Waals surface area contributed by atoms with Crippen LogP contribution in [-0.2, 0) is 5.54 Å². The molecule has 1 fully saturated rings. The van der Waals surface area contributed by atoms with Crippen molar-refractivity contribution in [2.45, 2.75) is 5.54 Å². The third kappa shape index (κ3) is 1.17. The molecule has 2 N–H and O–H groups in total. The van der Waals surface area contributed by atoms with Gasteiger partial charge in [-0.2, -0.15) is 0 Å². The Morgan fingerprint density at radius 3 is 2.89 bits per heavy atom. The first-order chi connectivity index (χ1) is 8.90. The van der Waals surface area contributed by atoms with Crippen LogP contribution in [0.5, 0.6) is 0 Å². The fourth-order valence-electron chi connectivity index (χ4n) is 2.60. The molecule has 0 amide bonds. The van der Waals surface area contributed by atoms with E-state index in [0.717, 1.165) is 29.8 Å². The number of fused-ring (bicyclic) bond motifs is 1. The smallest absolute Gasteiger partial charge is 0.141 e. The van der Waals surface area contributed by atoms with E-state index in [2.05, 4.69) is 31.3 Å². The molecule has 1 radical (unpaired) electrons. The van der Waals surface area contributed by atoms with Crippen molar-refractivity contribution in [3.8, 4) is 0 Å². The van der Waals surface area contributed by atoms with Crippen LogP contribution in [0, 0.1) is 5.92 Å². The van der Waals surface area contributed by atoms with Gasteiger partial charge in [-0.25, -0.2) is 9.97 Å². The Kier molecular flexibility index (Phi) is 1.93. The molecule has 0 spiro atoms. The van der Waals surface area contributed by atoms with Crippen LogP contribution in [0.25, 0.3) is 11.0 Å². The number of aliphatic imine (C=N–C) groups is 1. The van der Waals surface area contributed by atoms with Crippen molar-refractivity contribution in [2.24, 2.45) is 4.99 Å². The van der Waals surface area contributed by atoms with Crippen LogP contribution in [0.4, 0.5) is 0 Å². The quantitative estimate of drug-likeness (QED) is 0.819. The van der Waals surface area contributed by atoms with Gasteiger partial charge in [0.15, 0.2) is 0 Å². The number of H-pyrrole nitrogens is 1. The summed E-state index contributed by atoms with van der Waals surface area (Å²) in [5, 5.41) is 4.32. The molecule has 5 heteroatoms. The number of allylic oxidation sites excluding steroid dienone is 1. The zero-order chi connectivity index (χ0) is 12.0. The second-order valence-corrected chi connectivity index (χ2v) is 4.57. The molecule has 89 valence electrons. The van der Waals surface area contributed by atoms with Crippen LogP contribution in [0.2, 0.25) is 0 Å². The molecule has 18 heavy (non-hydrogen) atoms. The molecule has 2 aliphatic heterocycles. The molecule has 2 aromatic heterocycles. The minimum absolute atomic E-state index is 0.394. The highest BCUT2D eigenvalue weighted by Gasteiger charge is 2.45. The summed E-state index contributed by atoms with van der Waals surface area (Å²) in [7, 11) is 0. The molecule has 0 bridgehead atoms. The summed E-state index contributed by atoms with van der Waals surface area (Å²) < 4.78 is 0. The number of nitrogens with one attached hydrogen (secondary N) is 2. The summed E-state index contributed by atoms with van der Waals surface area (Å²) in [5.74, 6) is 1.36. The van der Waals surface area contributed by atoms with Gasteiger partial charge in [-0.05, 0) is 18.2 Å². The van der Waals surface area contributed by atoms with E-state index in [9.17, 15) is 0 Å². The zero-order valence-electron chi connectivity index (χ0n) is 9.72.